The van der Waals surface area contributed by atoms with Gasteiger partial charge in [0.05, 0.1) is 0 Å². The summed E-state index contributed by atoms with van der Waals surface area (Å²) in [7, 11) is 0. The van der Waals surface area contributed by atoms with Crippen LogP contribution in [0.15, 0.2) is 0 Å². The van der Waals surface area contributed by atoms with Crippen molar-refractivity contribution in [2.24, 2.45) is 0 Å². The van der Waals surface area contributed by atoms with Crippen LogP contribution in [0.1, 0.15) is 26.7 Å². The zero-order valence-electron chi connectivity index (χ0n) is 8.60. The lowest BCUT2D eigenvalue weighted by Gasteiger charge is -2.11. The maximum atomic E-state index is 11.0. The molecule has 0 radical (unpaired) electrons. The fourth-order valence-corrected chi connectivity index (χ4v) is 0.755. The lowest BCUT2D eigenvalue weighted by atomic mass is 10.3. The largest absolute Gasteiger partial charge is 0.508 e. The first-order valence-electron chi connectivity index (χ1n) is 4.75. The highest BCUT2D eigenvalue weighted by Crippen LogP contribution is 2.04. The Bertz CT molecular complexity index is 148. The number of carbonyl (C=O) groups is 1. The second-order valence-electron chi connectivity index (χ2n) is 3.00. The van der Waals surface area contributed by atoms with Gasteiger partial charge in [-0.25, -0.2) is 4.79 Å². The van der Waals surface area contributed by atoms with Gasteiger partial charge in [-0.2, -0.15) is 25.3 Å². The lowest BCUT2D eigenvalue weighted by molar-refractivity contribution is 0.0558. The van der Waals surface area contributed by atoms with Crippen LogP contribution < -0.4 is 0 Å². The van der Waals surface area contributed by atoms with Gasteiger partial charge in [-0.05, 0) is 12.8 Å². The van der Waals surface area contributed by atoms with E-state index < -0.39 is 6.16 Å². The number of hydrogen-bond donors (Lipinski definition) is 2. The molecule has 0 aliphatic heterocycles. The van der Waals surface area contributed by atoms with Crippen molar-refractivity contribution in [3.05, 3.63) is 0 Å². The summed E-state index contributed by atoms with van der Waals surface area (Å²) < 4.78 is 9.64. The van der Waals surface area contributed by atoms with Gasteiger partial charge < -0.3 is 9.47 Å². The molecule has 84 valence electrons. The van der Waals surface area contributed by atoms with Gasteiger partial charge in [-0.15, -0.1) is 0 Å². The molecule has 0 saturated carbocycles. The van der Waals surface area contributed by atoms with Crippen molar-refractivity contribution in [3.63, 3.8) is 0 Å². The van der Waals surface area contributed by atoms with Crippen LogP contribution in [-0.2, 0) is 9.47 Å². The molecule has 14 heavy (non-hydrogen) atoms. The van der Waals surface area contributed by atoms with Crippen LogP contribution in [0.25, 0.3) is 0 Å². The average Bonchev–Trinajstić information content (AvgIpc) is 2.22. The van der Waals surface area contributed by atoms with Crippen molar-refractivity contribution in [2.45, 2.75) is 37.2 Å². The Morgan fingerprint density at radius 1 is 1.07 bits per heavy atom. The third-order valence-corrected chi connectivity index (χ3v) is 2.76. The molecular formula is C9H18O3S2. The van der Waals surface area contributed by atoms with E-state index in [0.29, 0.717) is 13.2 Å². The van der Waals surface area contributed by atoms with Crippen LogP contribution in [0.2, 0.25) is 0 Å². The maximum absolute atomic E-state index is 11.0. The van der Waals surface area contributed by atoms with E-state index in [2.05, 4.69) is 25.3 Å². The van der Waals surface area contributed by atoms with Crippen LogP contribution in [0.4, 0.5) is 4.79 Å². The summed E-state index contributed by atoms with van der Waals surface area (Å²) in [5.74, 6) is 0. The number of rotatable bonds is 6. The first kappa shape index (κ1) is 14.0. The monoisotopic (exact) mass is 238 g/mol. The molecule has 5 heteroatoms. The first-order chi connectivity index (χ1) is 6.60. The third kappa shape index (κ3) is 7.38. The van der Waals surface area contributed by atoms with Gasteiger partial charge in [0.15, 0.2) is 0 Å². The van der Waals surface area contributed by atoms with Gasteiger partial charge in [-0.3, -0.25) is 0 Å². The molecule has 0 saturated heterocycles. The van der Waals surface area contributed by atoms with Gasteiger partial charge in [-0.1, -0.05) is 13.8 Å². The van der Waals surface area contributed by atoms with Crippen LogP contribution >= 0.6 is 25.3 Å². The van der Waals surface area contributed by atoms with E-state index in [1.165, 1.54) is 0 Å². The van der Waals surface area contributed by atoms with E-state index in [4.69, 9.17) is 9.47 Å². The van der Waals surface area contributed by atoms with Crippen molar-refractivity contribution >= 4 is 31.4 Å². The highest BCUT2D eigenvalue weighted by Gasteiger charge is 2.09. The van der Waals surface area contributed by atoms with Crippen molar-refractivity contribution < 1.29 is 14.3 Å². The van der Waals surface area contributed by atoms with Crippen LogP contribution in [-0.4, -0.2) is 29.9 Å². The molecule has 0 heterocycles. The predicted octanol–water partition coefficient (Wildman–Crippen LogP) is 2.56. The minimum Gasteiger partial charge on any atom is -0.433 e. The molecule has 0 bridgehead atoms. The summed E-state index contributed by atoms with van der Waals surface area (Å²) in [4.78, 5) is 11.0. The average molecular weight is 238 g/mol. The van der Waals surface area contributed by atoms with Crippen molar-refractivity contribution in [1.82, 2.24) is 0 Å². The molecular weight excluding hydrogens is 220 g/mol. The van der Waals surface area contributed by atoms with Gasteiger partial charge >= 0.3 is 6.16 Å². The predicted molar refractivity (Wildman–Crippen MR) is 63.4 cm³/mol. The molecule has 0 aromatic carbocycles. The topological polar surface area (TPSA) is 35.5 Å². The number of ether oxygens (including phenoxy) is 2. The Balaban J connectivity index is 3.46. The van der Waals surface area contributed by atoms with Gasteiger partial charge in [0.25, 0.3) is 0 Å². The van der Waals surface area contributed by atoms with Gasteiger partial charge in [0.2, 0.25) is 0 Å². The van der Waals surface area contributed by atoms with Gasteiger partial charge in [0.1, 0.15) is 13.2 Å². The molecule has 3 nitrogen and oxygen atoms in total. The summed E-state index contributed by atoms with van der Waals surface area (Å²) in [6.45, 7) is 4.55. The molecule has 0 amide bonds. The zero-order chi connectivity index (χ0) is 11.0. The lowest BCUT2D eigenvalue weighted by Crippen LogP contribution is -2.18. The highest BCUT2D eigenvalue weighted by molar-refractivity contribution is 7.81. The Kier molecular flexibility index (Phi) is 8.27. The molecule has 0 aromatic rings. The van der Waals surface area contributed by atoms with Crippen molar-refractivity contribution in [1.29, 1.82) is 0 Å². The second kappa shape index (κ2) is 8.29. The molecule has 0 N–H and O–H groups in total. The van der Waals surface area contributed by atoms with Crippen molar-refractivity contribution in [2.75, 3.05) is 13.2 Å². The normalized spacial score (nSPS) is 14.6. The fourth-order valence-electron chi connectivity index (χ4n) is 0.606. The van der Waals surface area contributed by atoms with E-state index in [1.807, 2.05) is 13.8 Å². The SMILES string of the molecule is CCC(S)COC(=O)OCC(S)CC. The number of thiol groups is 2. The molecule has 0 rings (SSSR count). The molecule has 0 aliphatic rings. The number of carbonyl (C=O) groups excluding carboxylic acids is 1. The molecule has 0 aliphatic carbocycles. The molecule has 2 unspecified atom stereocenters. The number of hydrogen-bond acceptors (Lipinski definition) is 5. The molecule has 0 spiro atoms. The van der Waals surface area contributed by atoms with E-state index in [-0.39, 0.29) is 10.5 Å². The summed E-state index contributed by atoms with van der Waals surface area (Å²) in [5.41, 5.74) is 0. The highest BCUT2D eigenvalue weighted by atomic mass is 32.1. The Morgan fingerprint density at radius 3 is 1.71 bits per heavy atom. The van der Waals surface area contributed by atoms with Crippen LogP contribution in [0.5, 0.6) is 0 Å². The third-order valence-electron chi connectivity index (χ3n) is 1.73. The standard InChI is InChI=1S/C9H18O3S2/c1-3-7(13)5-11-9(10)12-6-8(14)4-2/h7-8,13-14H,3-6H2,1-2H3. The second-order valence-corrected chi connectivity index (χ2v) is 4.46. The van der Waals surface area contributed by atoms with Crippen LogP contribution in [0, 0.1) is 0 Å². The summed E-state index contributed by atoms with van der Waals surface area (Å²) in [6.07, 6.45) is 1.09. The zero-order valence-corrected chi connectivity index (χ0v) is 10.4. The van der Waals surface area contributed by atoms with Crippen LogP contribution in [0.3, 0.4) is 0 Å². The first-order valence-corrected chi connectivity index (χ1v) is 5.79. The van der Waals surface area contributed by atoms with Gasteiger partial charge in [0, 0.05) is 10.5 Å². The molecule has 0 fully saturated rings. The molecule has 0 aromatic heterocycles. The van der Waals surface area contributed by atoms with E-state index in [0.717, 1.165) is 12.8 Å². The quantitative estimate of drug-likeness (QED) is 0.551. The smallest absolute Gasteiger partial charge is 0.433 e. The van der Waals surface area contributed by atoms with E-state index >= 15 is 0 Å². The van der Waals surface area contributed by atoms with E-state index in [9.17, 15) is 4.79 Å². The maximum Gasteiger partial charge on any atom is 0.508 e. The van der Waals surface area contributed by atoms with E-state index in [1.54, 1.807) is 0 Å². The van der Waals surface area contributed by atoms with Crippen molar-refractivity contribution in [3.8, 4) is 0 Å². The summed E-state index contributed by atoms with van der Waals surface area (Å²) >= 11 is 8.37. The Morgan fingerprint density at radius 2 is 1.43 bits per heavy atom. The Labute approximate surface area is 96.4 Å². The fraction of sp³-hybridized carbons (Fsp3) is 0.889. The molecule has 2 atom stereocenters. The minimum absolute atomic E-state index is 0.0838. The summed E-state index contributed by atoms with van der Waals surface area (Å²) in [6, 6.07) is 0. The minimum atomic E-state index is -0.634. The summed E-state index contributed by atoms with van der Waals surface area (Å²) in [5, 5.41) is 0.168. The Hall–Kier alpha value is -0.0300.